The van der Waals surface area contributed by atoms with Crippen molar-refractivity contribution in [1.82, 2.24) is 14.7 Å². The Labute approximate surface area is 181 Å². The van der Waals surface area contributed by atoms with Crippen molar-refractivity contribution in [3.8, 4) is 5.75 Å². The van der Waals surface area contributed by atoms with Crippen molar-refractivity contribution in [3.05, 3.63) is 70.3 Å². The second kappa shape index (κ2) is 8.79. The van der Waals surface area contributed by atoms with Crippen molar-refractivity contribution in [2.75, 3.05) is 11.4 Å². The minimum absolute atomic E-state index is 0.116. The minimum Gasteiger partial charge on any atom is -0.477 e. The van der Waals surface area contributed by atoms with Crippen LogP contribution in [0.2, 0.25) is 0 Å². The third-order valence-electron chi connectivity index (χ3n) is 5.70. The Balaban J connectivity index is 1.62. The number of nitrogens with zero attached hydrogens (tertiary/aromatic N) is 3. The minimum atomic E-state index is -0.625. The van der Waals surface area contributed by atoms with Gasteiger partial charge in [-0.15, -0.1) is 0 Å². The normalized spacial score (nSPS) is 15.6. The number of amides is 1. The molecule has 7 nitrogen and oxygen atoms in total. The van der Waals surface area contributed by atoms with E-state index < -0.39 is 6.10 Å². The van der Waals surface area contributed by atoms with Crippen LogP contribution in [0.3, 0.4) is 0 Å². The largest absolute Gasteiger partial charge is 0.477 e. The first-order valence-electron chi connectivity index (χ1n) is 10.8. The second-order valence-electron chi connectivity index (χ2n) is 8.00. The van der Waals surface area contributed by atoms with Crippen molar-refractivity contribution < 1.29 is 9.53 Å². The van der Waals surface area contributed by atoms with Gasteiger partial charge in [0.1, 0.15) is 11.4 Å². The van der Waals surface area contributed by atoms with E-state index in [0.717, 1.165) is 24.1 Å². The monoisotopic (exact) mass is 420 g/mol. The predicted octanol–water partition coefficient (Wildman–Crippen LogP) is 3.08. The Kier molecular flexibility index (Phi) is 5.93. The number of aromatic nitrogens is 2. The van der Waals surface area contributed by atoms with Crippen LogP contribution in [-0.2, 0) is 11.3 Å². The molecule has 1 aliphatic heterocycles. The summed E-state index contributed by atoms with van der Waals surface area (Å²) in [5, 5.41) is 3.08. The summed E-state index contributed by atoms with van der Waals surface area (Å²) in [6, 6.07) is 13.1. The standard InChI is InChI=1S/C24H28N4O3/c1-4-17(5-2)26-24(30)21-15-27(19-8-6-7-9-20(19)31-21)14-18-12-23(29)28-13-16(3)10-11-22(28)25-18/h6-13,17,21H,4-5,14-15H2,1-3H3,(H,26,30). The number of para-hydroxylation sites is 2. The van der Waals surface area contributed by atoms with Gasteiger partial charge in [-0.05, 0) is 43.5 Å². The van der Waals surface area contributed by atoms with Crippen molar-refractivity contribution in [2.45, 2.75) is 52.3 Å². The number of pyridine rings is 1. The molecule has 31 heavy (non-hydrogen) atoms. The van der Waals surface area contributed by atoms with Crippen LogP contribution in [0.15, 0.2) is 53.5 Å². The zero-order valence-corrected chi connectivity index (χ0v) is 18.2. The molecule has 1 unspecified atom stereocenters. The summed E-state index contributed by atoms with van der Waals surface area (Å²) in [5.41, 5.74) is 3.04. The number of aryl methyl sites for hydroxylation is 1. The third kappa shape index (κ3) is 4.40. The molecule has 3 heterocycles. The molecule has 162 valence electrons. The Bertz CT molecular complexity index is 1150. The zero-order valence-electron chi connectivity index (χ0n) is 18.2. The fraction of sp³-hybridized carbons (Fsp3) is 0.375. The van der Waals surface area contributed by atoms with E-state index in [1.165, 1.54) is 0 Å². The van der Waals surface area contributed by atoms with Crippen LogP contribution < -0.4 is 20.5 Å². The van der Waals surface area contributed by atoms with E-state index >= 15 is 0 Å². The van der Waals surface area contributed by atoms with Crippen molar-refractivity contribution in [2.24, 2.45) is 0 Å². The number of rotatable bonds is 6. The molecule has 1 amide bonds. The molecule has 1 aliphatic rings. The fourth-order valence-electron chi connectivity index (χ4n) is 3.91. The molecule has 0 bridgehead atoms. The molecule has 7 heteroatoms. The number of ether oxygens (including phenoxy) is 1. The predicted molar refractivity (Wildman–Crippen MR) is 121 cm³/mol. The fourth-order valence-corrected chi connectivity index (χ4v) is 3.91. The van der Waals surface area contributed by atoms with Crippen LogP contribution in [0.25, 0.3) is 5.65 Å². The number of hydrogen-bond donors (Lipinski definition) is 1. The summed E-state index contributed by atoms with van der Waals surface area (Å²) in [6.45, 7) is 6.86. The first-order valence-corrected chi connectivity index (χ1v) is 10.8. The van der Waals surface area contributed by atoms with Gasteiger partial charge >= 0.3 is 0 Å². The summed E-state index contributed by atoms with van der Waals surface area (Å²) in [5.74, 6) is 0.543. The van der Waals surface area contributed by atoms with Gasteiger partial charge in [0.2, 0.25) is 0 Å². The molecule has 0 aliphatic carbocycles. The smallest absolute Gasteiger partial charge is 0.263 e. The van der Waals surface area contributed by atoms with Crippen molar-refractivity contribution in [3.63, 3.8) is 0 Å². The van der Waals surface area contributed by atoms with E-state index in [1.54, 1.807) is 16.7 Å². The maximum Gasteiger partial charge on any atom is 0.263 e. The van der Waals surface area contributed by atoms with E-state index in [1.807, 2.05) is 43.3 Å². The van der Waals surface area contributed by atoms with Gasteiger partial charge in [0.25, 0.3) is 11.5 Å². The Morgan fingerprint density at radius 2 is 2.00 bits per heavy atom. The number of benzene rings is 1. The number of fused-ring (bicyclic) bond motifs is 2. The molecule has 4 rings (SSSR count). The van der Waals surface area contributed by atoms with Gasteiger partial charge in [0, 0.05) is 18.3 Å². The highest BCUT2D eigenvalue weighted by Crippen LogP contribution is 2.34. The lowest BCUT2D eigenvalue weighted by Gasteiger charge is -2.36. The lowest BCUT2D eigenvalue weighted by atomic mass is 10.1. The van der Waals surface area contributed by atoms with Gasteiger partial charge in [-0.2, -0.15) is 0 Å². The summed E-state index contributed by atoms with van der Waals surface area (Å²) in [7, 11) is 0. The molecule has 0 saturated heterocycles. The summed E-state index contributed by atoms with van der Waals surface area (Å²) < 4.78 is 7.57. The molecule has 0 fully saturated rings. The van der Waals surface area contributed by atoms with Crippen LogP contribution >= 0.6 is 0 Å². The maximum absolute atomic E-state index is 12.9. The maximum atomic E-state index is 12.9. The first-order chi connectivity index (χ1) is 15.0. The number of carbonyl (C=O) groups excluding carboxylic acids is 1. The quantitative estimate of drug-likeness (QED) is 0.663. The summed E-state index contributed by atoms with van der Waals surface area (Å²) in [6.07, 6.45) is 2.91. The van der Waals surface area contributed by atoms with Crippen molar-refractivity contribution in [1.29, 1.82) is 0 Å². The molecule has 0 radical (unpaired) electrons. The number of nitrogens with one attached hydrogen (secondary N) is 1. The summed E-state index contributed by atoms with van der Waals surface area (Å²) in [4.78, 5) is 32.2. The highest BCUT2D eigenvalue weighted by Gasteiger charge is 2.31. The van der Waals surface area contributed by atoms with Gasteiger partial charge < -0.3 is 15.0 Å². The molecular formula is C24H28N4O3. The van der Waals surface area contributed by atoms with Crippen molar-refractivity contribution >= 4 is 17.2 Å². The molecule has 1 N–H and O–H groups in total. The lowest BCUT2D eigenvalue weighted by Crippen LogP contribution is -2.51. The molecule has 2 aromatic heterocycles. The highest BCUT2D eigenvalue weighted by atomic mass is 16.5. The zero-order chi connectivity index (χ0) is 22.0. The van der Waals surface area contributed by atoms with Crippen LogP contribution in [-0.4, -0.2) is 34.0 Å². The van der Waals surface area contributed by atoms with E-state index in [0.29, 0.717) is 30.2 Å². The average molecular weight is 421 g/mol. The second-order valence-corrected chi connectivity index (χ2v) is 8.00. The third-order valence-corrected chi connectivity index (χ3v) is 5.70. The van der Waals surface area contributed by atoms with E-state index in [-0.39, 0.29) is 17.5 Å². The van der Waals surface area contributed by atoms with Crippen LogP contribution in [0.1, 0.15) is 37.9 Å². The average Bonchev–Trinajstić information content (AvgIpc) is 2.77. The Morgan fingerprint density at radius 1 is 1.23 bits per heavy atom. The van der Waals surface area contributed by atoms with E-state index in [9.17, 15) is 9.59 Å². The number of hydrogen-bond acceptors (Lipinski definition) is 5. The van der Waals surface area contributed by atoms with Gasteiger partial charge in [-0.25, -0.2) is 4.98 Å². The van der Waals surface area contributed by atoms with Gasteiger partial charge in [-0.1, -0.05) is 32.0 Å². The molecule has 1 aromatic carbocycles. The molecule has 0 saturated carbocycles. The van der Waals surface area contributed by atoms with Crippen LogP contribution in [0, 0.1) is 6.92 Å². The topological polar surface area (TPSA) is 75.9 Å². The number of anilines is 1. The van der Waals surface area contributed by atoms with E-state index in [4.69, 9.17) is 4.74 Å². The van der Waals surface area contributed by atoms with E-state index in [2.05, 4.69) is 29.0 Å². The molecule has 3 aromatic rings. The summed E-state index contributed by atoms with van der Waals surface area (Å²) >= 11 is 0. The Morgan fingerprint density at radius 3 is 2.77 bits per heavy atom. The van der Waals surface area contributed by atoms with Crippen LogP contribution in [0.4, 0.5) is 5.69 Å². The molecule has 1 atom stereocenters. The first kappa shape index (κ1) is 20.9. The van der Waals surface area contributed by atoms with Gasteiger partial charge in [0.15, 0.2) is 6.10 Å². The highest BCUT2D eigenvalue weighted by molar-refractivity contribution is 5.83. The van der Waals surface area contributed by atoms with Gasteiger partial charge in [0.05, 0.1) is 24.5 Å². The Hall–Kier alpha value is -3.35. The van der Waals surface area contributed by atoms with Gasteiger partial charge in [-0.3, -0.25) is 14.0 Å². The van der Waals surface area contributed by atoms with Crippen LogP contribution in [0.5, 0.6) is 5.75 Å². The molecular weight excluding hydrogens is 392 g/mol. The number of carbonyl (C=O) groups is 1. The molecule has 0 spiro atoms. The lowest BCUT2D eigenvalue weighted by molar-refractivity contribution is -0.128. The SMILES string of the molecule is CCC(CC)NC(=O)C1CN(Cc2cc(=O)n3cc(C)ccc3n2)c2ccccc2O1.